The topological polar surface area (TPSA) is 35.2 Å². The van der Waals surface area contributed by atoms with Crippen molar-refractivity contribution in [1.29, 1.82) is 0 Å². The van der Waals surface area contributed by atoms with Crippen LogP contribution in [0.25, 0.3) is 0 Å². The van der Waals surface area contributed by atoms with E-state index in [1.165, 1.54) is 12.8 Å². The molecule has 1 saturated carbocycles. The van der Waals surface area contributed by atoms with Crippen molar-refractivity contribution in [2.75, 3.05) is 6.61 Å². The van der Waals surface area contributed by atoms with Crippen molar-refractivity contribution in [2.24, 2.45) is 11.7 Å². The maximum absolute atomic E-state index is 6.24. The molecule has 0 aromatic heterocycles. The molecule has 0 bridgehead atoms. The van der Waals surface area contributed by atoms with Gasteiger partial charge in [-0.1, -0.05) is 49.6 Å². The molecule has 2 atom stereocenters. The van der Waals surface area contributed by atoms with Gasteiger partial charge in [-0.25, -0.2) is 0 Å². The van der Waals surface area contributed by atoms with Crippen molar-refractivity contribution in [2.45, 2.75) is 44.8 Å². The fourth-order valence-electron chi connectivity index (χ4n) is 2.13. The maximum atomic E-state index is 6.24. The van der Waals surface area contributed by atoms with E-state index in [1.807, 2.05) is 24.3 Å². The van der Waals surface area contributed by atoms with Gasteiger partial charge in [-0.3, -0.25) is 0 Å². The zero-order valence-corrected chi connectivity index (χ0v) is 11.7. The molecule has 3 heteroatoms. The van der Waals surface area contributed by atoms with Gasteiger partial charge >= 0.3 is 0 Å². The van der Waals surface area contributed by atoms with Gasteiger partial charge in [-0.2, -0.15) is 0 Å². The van der Waals surface area contributed by atoms with Crippen molar-refractivity contribution in [1.82, 2.24) is 0 Å². The zero-order valence-electron chi connectivity index (χ0n) is 10.9. The van der Waals surface area contributed by atoms with E-state index < -0.39 is 0 Å². The van der Waals surface area contributed by atoms with Crippen LogP contribution >= 0.6 is 11.6 Å². The average Bonchev–Trinajstić information content (AvgIpc) is 3.19. The largest absolute Gasteiger partial charge is 0.372 e. The molecule has 2 N–H and O–H groups in total. The number of hydrogen-bond donors (Lipinski definition) is 1. The molecule has 18 heavy (non-hydrogen) atoms. The first kappa shape index (κ1) is 13.9. The number of hydrogen-bond acceptors (Lipinski definition) is 2. The normalized spacial score (nSPS) is 18.6. The van der Waals surface area contributed by atoms with Gasteiger partial charge in [-0.15, -0.1) is 0 Å². The molecule has 0 spiro atoms. The van der Waals surface area contributed by atoms with Gasteiger partial charge in [-0.05, 0) is 24.8 Å². The third kappa shape index (κ3) is 3.71. The summed E-state index contributed by atoms with van der Waals surface area (Å²) in [5.74, 6) is 0.884. The van der Waals surface area contributed by atoms with Crippen LogP contribution in [-0.2, 0) is 4.74 Å². The van der Waals surface area contributed by atoms with Crippen LogP contribution in [0.1, 0.15) is 44.3 Å². The average molecular weight is 268 g/mol. The lowest BCUT2D eigenvalue weighted by Gasteiger charge is -2.24. The second-order valence-corrected chi connectivity index (χ2v) is 5.52. The van der Waals surface area contributed by atoms with Crippen LogP contribution in [0.4, 0.5) is 0 Å². The fourth-order valence-corrected chi connectivity index (χ4v) is 2.38. The van der Waals surface area contributed by atoms with Gasteiger partial charge in [0.1, 0.15) is 0 Å². The predicted octanol–water partition coefficient (Wildman–Crippen LogP) is 3.94. The van der Waals surface area contributed by atoms with Crippen LogP contribution in [0.3, 0.4) is 0 Å². The predicted molar refractivity (Wildman–Crippen MR) is 75.8 cm³/mol. The van der Waals surface area contributed by atoms with Gasteiger partial charge < -0.3 is 10.5 Å². The van der Waals surface area contributed by atoms with Crippen molar-refractivity contribution in [3.63, 3.8) is 0 Å². The van der Waals surface area contributed by atoms with E-state index in [9.17, 15) is 0 Å². The number of halogens is 1. The molecule has 0 aliphatic heterocycles. The molecule has 2 unspecified atom stereocenters. The number of nitrogens with two attached hydrogens (primary N) is 1. The summed E-state index contributed by atoms with van der Waals surface area (Å²) in [6, 6.07) is 7.84. The monoisotopic (exact) mass is 267 g/mol. The molecule has 1 aliphatic rings. The standard InChI is InChI=1S/C15H22ClNO/c1-2-14(17)15(18-10-9-11-7-8-11)12-5-3-4-6-13(12)16/h3-6,11,14-15H,2,7-10,17H2,1H3. The van der Waals surface area contributed by atoms with Crippen molar-refractivity contribution in [3.8, 4) is 0 Å². The Balaban J connectivity index is 2.01. The summed E-state index contributed by atoms with van der Waals surface area (Å²) < 4.78 is 6.00. The Kier molecular flexibility index (Phi) is 5.04. The highest BCUT2D eigenvalue weighted by molar-refractivity contribution is 6.31. The highest BCUT2D eigenvalue weighted by atomic mass is 35.5. The number of benzene rings is 1. The summed E-state index contributed by atoms with van der Waals surface area (Å²) >= 11 is 6.24. The van der Waals surface area contributed by atoms with E-state index in [0.29, 0.717) is 0 Å². The Morgan fingerprint density at radius 2 is 2.11 bits per heavy atom. The molecule has 2 nitrogen and oxygen atoms in total. The lowest BCUT2D eigenvalue weighted by atomic mass is 10.0. The summed E-state index contributed by atoms with van der Waals surface area (Å²) in [4.78, 5) is 0. The molecule has 0 amide bonds. The minimum Gasteiger partial charge on any atom is -0.372 e. The molecular formula is C15H22ClNO. The third-order valence-electron chi connectivity index (χ3n) is 3.59. The zero-order chi connectivity index (χ0) is 13.0. The Hall–Kier alpha value is -0.570. The smallest absolute Gasteiger partial charge is 0.0989 e. The van der Waals surface area contributed by atoms with Gasteiger partial charge in [0.15, 0.2) is 0 Å². The van der Waals surface area contributed by atoms with Gasteiger partial charge in [0.05, 0.1) is 6.10 Å². The first-order valence-corrected chi connectivity index (χ1v) is 7.21. The maximum Gasteiger partial charge on any atom is 0.0989 e. The van der Waals surface area contributed by atoms with Gasteiger partial charge in [0.2, 0.25) is 0 Å². The van der Waals surface area contributed by atoms with E-state index in [-0.39, 0.29) is 12.1 Å². The number of ether oxygens (including phenoxy) is 1. The summed E-state index contributed by atoms with van der Waals surface area (Å²) in [5.41, 5.74) is 7.18. The van der Waals surface area contributed by atoms with E-state index in [0.717, 1.165) is 36.0 Å². The lowest BCUT2D eigenvalue weighted by Crippen LogP contribution is -2.30. The van der Waals surface area contributed by atoms with E-state index >= 15 is 0 Å². The quantitative estimate of drug-likeness (QED) is 0.812. The van der Waals surface area contributed by atoms with Crippen molar-refractivity contribution >= 4 is 11.6 Å². The van der Waals surface area contributed by atoms with Gasteiger partial charge in [0, 0.05) is 23.2 Å². The number of rotatable bonds is 7. The van der Waals surface area contributed by atoms with E-state index in [2.05, 4.69) is 6.92 Å². The molecule has 1 fully saturated rings. The van der Waals surface area contributed by atoms with E-state index in [4.69, 9.17) is 22.1 Å². The highest BCUT2D eigenvalue weighted by Crippen LogP contribution is 2.34. The fraction of sp³-hybridized carbons (Fsp3) is 0.600. The summed E-state index contributed by atoms with van der Waals surface area (Å²) in [6.07, 6.45) is 4.68. The lowest BCUT2D eigenvalue weighted by molar-refractivity contribution is 0.0300. The molecule has 0 saturated heterocycles. The summed E-state index contributed by atoms with van der Waals surface area (Å²) in [5, 5.41) is 0.748. The Morgan fingerprint density at radius 1 is 1.39 bits per heavy atom. The first-order chi connectivity index (χ1) is 8.72. The molecular weight excluding hydrogens is 246 g/mol. The van der Waals surface area contributed by atoms with Gasteiger partial charge in [0.25, 0.3) is 0 Å². The first-order valence-electron chi connectivity index (χ1n) is 6.84. The Morgan fingerprint density at radius 3 is 2.72 bits per heavy atom. The van der Waals surface area contributed by atoms with Crippen LogP contribution < -0.4 is 5.73 Å². The molecule has 1 aromatic rings. The molecule has 1 aromatic carbocycles. The van der Waals surface area contributed by atoms with Crippen LogP contribution in [0.2, 0.25) is 5.02 Å². The highest BCUT2D eigenvalue weighted by Gasteiger charge is 2.24. The van der Waals surface area contributed by atoms with Crippen LogP contribution in [0, 0.1) is 5.92 Å². The van der Waals surface area contributed by atoms with Crippen molar-refractivity contribution < 1.29 is 4.74 Å². The summed E-state index contributed by atoms with van der Waals surface area (Å²) in [7, 11) is 0. The Bertz CT molecular complexity index is 379. The Labute approximate surface area is 114 Å². The second kappa shape index (κ2) is 6.55. The molecule has 100 valence electrons. The molecule has 0 heterocycles. The SMILES string of the molecule is CCC(N)C(OCCC1CC1)c1ccccc1Cl. The third-order valence-corrected chi connectivity index (χ3v) is 3.94. The molecule has 2 rings (SSSR count). The minimum atomic E-state index is -0.0811. The van der Waals surface area contributed by atoms with E-state index in [1.54, 1.807) is 0 Å². The minimum absolute atomic E-state index is 0.00380. The van der Waals surface area contributed by atoms with Crippen LogP contribution in [0.5, 0.6) is 0 Å². The van der Waals surface area contributed by atoms with Crippen LogP contribution in [-0.4, -0.2) is 12.6 Å². The summed E-state index contributed by atoms with van der Waals surface area (Å²) in [6.45, 7) is 2.87. The van der Waals surface area contributed by atoms with Crippen molar-refractivity contribution in [3.05, 3.63) is 34.9 Å². The second-order valence-electron chi connectivity index (χ2n) is 5.12. The molecule has 1 aliphatic carbocycles. The van der Waals surface area contributed by atoms with Crippen LogP contribution in [0.15, 0.2) is 24.3 Å². The molecule has 0 radical (unpaired) electrons.